The van der Waals surface area contributed by atoms with Gasteiger partial charge in [0.05, 0.1) is 0 Å². The fourth-order valence-electron chi connectivity index (χ4n) is 11.0. The van der Waals surface area contributed by atoms with E-state index >= 15 is 0 Å². The Morgan fingerprint density at radius 2 is 0.508 bits per heavy atom. The van der Waals surface area contributed by atoms with Crippen LogP contribution >= 0.6 is 0 Å². The minimum absolute atomic E-state index is 0.0942. The molecule has 0 aromatic carbocycles. The van der Waals surface area contributed by atoms with Gasteiger partial charge >= 0.3 is 292 Å². The predicted molar refractivity (Wildman–Crippen MR) is 493 cm³/mol. The largest absolute Gasteiger partial charge is 0.579 e. The zero-order chi connectivity index (χ0) is 99.8. The van der Waals surface area contributed by atoms with Crippen molar-refractivity contribution in [3.63, 3.8) is 0 Å². The van der Waals surface area contributed by atoms with Gasteiger partial charge in [-0.05, 0) is 104 Å². The minimum atomic E-state index is -4.47. The molecular formula is C37H100O45Si44. The molecule has 0 aliphatic heterocycles. The van der Waals surface area contributed by atoms with Crippen LogP contribution in [-0.2, 0) is 198 Å². The van der Waals surface area contributed by atoms with Gasteiger partial charge in [-0.3, -0.25) is 0 Å². The molecule has 89 heteroatoms. The standard InChI is InChI=1S/C23H60O21Si20.C14H40O24Si24/c1-15-19-20-21-22-62(13,57(36)56(35)54(33)53(32)52(31)51(30)50(29)48(27)45(24)41-61(11,12)44-59(5,6)7)42-46(25)49(28)55(34)58(37)63(14,43-47(26)60(8,9)10)23-64(38-16-2,39-17-3)40-18-4;1-34-62(35-2,36-3)14-60(9,10)57(33)56(32)55(31)54(30)53(29)52(28)51(27)50(26)49(25)48(24)47(23)46(22)45(21)44(20)43(19)42(18)41(17)40(16)39(15)37-61(11,12)38-59(7,8)13-58(4,5)6/h15-23H2,1-14H3;13-14H2,1-12H3. The van der Waals surface area contributed by atoms with Gasteiger partial charge in [0.25, 0.3) is 15.7 Å². The summed E-state index contributed by atoms with van der Waals surface area (Å²) in [6, 6.07) is -0.158. The van der Waals surface area contributed by atoms with E-state index in [0.717, 1.165) is 12.1 Å². The quantitative estimate of drug-likeness (QED) is 0.0410. The van der Waals surface area contributed by atoms with Crippen molar-refractivity contribution in [3.05, 3.63) is 0 Å². The zero-order valence-electron chi connectivity index (χ0n) is 74.1. The predicted octanol–water partition coefficient (Wildman–Crippen LogP) is -4.32. The molecule has 0 aromatic rings. The third-order valence-electron chi connectivity index (χ3n) is 16.2. The lowest BCUT2D eigenvalue weighted by Crippen LogP contribution is -2.65. The van der Waals surface area contributed by atoms with Crippen molar-refractivity contribution in [1.29, 1.82) is 0 Å². The summed E-state index contributed by atoms with van der Waals surface area (Å²) in [5.41, 5.74) is 0.401. The third-order valence-corrected chi connectivity index (χ3v) is 318. The molecule has 0 aliphatic carbocycles. The van der Waals surface area contributed by atoms with E-state index in [1.165, 1.54) is 73.7 Å². The summed E-state index contributed by atoms with van der Waals surface area (Å²) < 4.78 is 502. The maximum Gasteiger partial charge on any atom is 0.533 e. The highest BCUT2D eigenvalue weighted by Gasteiger charge is 2.64. The molecule has 0 aliphatic rings. The summed E-state index contributed by atoms with van der Waals surface area (Å²) in [7, 11) is -164. The van der Waals surface area contributed by atoms with Crippen LogP contribution in [0.5, 0.6) is 0 Å². The van der Waals surface area contributed by atoms with E-state index in [2.05, 4.69) is 19.6 Å². The van der Waals surface area contributed by atoms with Gasteiger partial charge in [-0.1, -0.05) is 85.0 Å². The molecular weight excluding hydrogens is 2400 g/mol. The molecule has 126 heavy (non-hydrogen) atoms. The molecule has 0 spiro atoms. The average molecular weight is 2500 g/mol. The van der Waals surface area contributed by atoms with Gasteiger partial charge in [-0.15, -0.1) is 0 Å². The number of hydrogen-bond acceptors (Lipinski definition) is 45. The smallest absolute Gasteiger partial charge is 0.533 e. The molecule has 0 amide bonds. The van der Waals surface area contributed by atoms with E-state index in [-0.39, 0.29) is 43.6 Å². The SMILES string of the molecule is CCCCCC[Si](C)(O[Si](=O)[Si](=O)[Si](=O)[Si](=O)[Si](C)(C[Si](OCC)(OCC)OCC)O[Si](=O)[Si](C)(C)C)[Si](=O)[Si](=O)[Si](=O)[Si](=O)[Si](=O)[Si](=O)[Si](=O)[Si](=O)[Si](=O)O[Si](C)(C)O[Si](C)(C)C.CO[Si](C[Si](C)(C)[Si](=O)[Si](=O)[Si](=O)[Si](=O)[Si](=O)[Si](=O)[Si](=O)[Si](=O)[Si](=O)[Si](=O)[Si](=O)[Si](=O)[Si](=O)[Si](=O)[Si](=O)[Si](=O)[Si](=O)[Si](=O)[Si](=O)O[Si](C)(C)O[Si](C)(C)C[Si](C)(C)C)(OC)OC. The Morgan fingerprint density at radius 1 is 0.246 bits per heavy atom. The van der Waals surface area contributed by atoms with Crippen LogP contribution in [0.1, 0.15) is 53.4 Å². The van der Waals surface area contributed by atoms with Crippen LogP contribution in [0.2, 0.25) is 147 Å². The Balaban J connectivity index is 0. The summed E-state index contributed by atoms with van der Waals surface area (Å²) in [5, 5.41) is 0. The van der Waals surface area contributed by atoms with Gasteiger partial charge in [0.2, 0.25) is 0 Å². The van der Waals surface area contributed by atoms with Crippen molar-refractivity contribution in [3.8, 4) is 0 Å². The van der Waals surface area contributed by atoms with Crippen molar-refractivity contribution in [2.75, 3.05) is 41.2 Å². The summed E-state index contributed by atoms with van der Waals surface area (Å²) in [6.45, 7) is 39.6. The number of rotatable bonds is 65. The second-order valence-corrected chi connectivity index (χ2v) is 243. The van der Waals surface area contributed by atoms with E-state index in [1.807, 2.05) is 39.7 Å². The molecule has 0 rings (SSSR count). The highest BCUT2D eigenvalue weighted by molar-refractivity contribution is 7.83. The van der Waals surface area contributed by atoms with Crippen LogP contribution < -0.4 is 0 Å². The molecule has 0 saturated carbocycles. The lowest BCUT2D eigenvalue weighted by Gasteiger charge is -2.36. The zero-order valence-corrected chi connectivity index (χ0v) is 118. The van der Waals surface area contributed by atoms with Crippen LogP contribution in [-0.4, -0.2) is 389 Å². The molecule has 0 fully saturated rings. The van der Waals surface area contributed by atoms with E-state index in [4.69, 9.17) is 51.2 Å². The van der Waals surface area contributed by atoms with Gasteiger partial charge in [-0.25, -0.2) is 0 Å². The van der Waals surface area contributed by atoms with Crippen LogP contribution in [0.25, 0.3) is 0 Å². The van der Waals surface area contributed by atoms with Gasteiger partial charge in [0, 0.05) is 60.6 Å². The second-order valence-electron chi connectivity index (χ2n) is 32.8. The highest BCUT2D eigenvalue weighted by Crippen LogP contribution is 2.29. The minimum Gasteiger partial charge on any atom is -0.579 e. The molecule has 0 bridgehead atoms. The Kier molecular flexibility index (Phi) is 57.4. The van der Waals surface area contributed by atoms with Crippen molar-refractivity contribution < 1.29 is 198 Å². The first-order valence-electron chi connectivity index (χ1n) is 37.6. The fourth-order valence-corrected chi connectivity index (χ4v) is 440. The summed E-state index contributed by atoms with van der Waals surface area (Å²) >= 11 is 0. The maximum absolute atomic E-state index is 14.4. The molecule has 0 aromatic heterocycles. The Hall–Kier alpha value is 1.82. The molecule has 2 unspecified atom stereocenters. The van der Waals surface area contributed by atoms with Crippen molar-refractivity contribution in [2.45, 2.75) is 201 Å². The monoisotopic (exact) mass is 2500 g/mol. The molecule has 0 saturated heterocycles. The maximum atomic E-state index is 14.4. The molecule has 45 nitrogen and oxygen atoms in total. The van der Waals surface area contributed by atoms with Gasteiger partial charge in [0.15, 0.2) is 24.2 Å². The lowest BCUT2D eigenvalue weighted by molar-refractivity contribution is 0.0749. The molecule has 0 radical (unpaired) electrons. The molecule has 694 valence electrons. The van der Waals surface area contributed by atoms with Crippen molar-refractivity contribution in [1.82, 2.24) is 0 Å². The summed E-state index contributed by atoms with van der Waals surface area (Å²) in [5.74, 6) is 0. The van der Waals surface area contributed by atoms with Crippen LogP contribution in [0.4, 0.5) is 0 Å². The van der Waals surface area contributed by atoms with Crippen LogP contribution in [0, 0.1) is 0 Å². The van der Waals surface area contributed by atoms with E-state index < -0.39 is 348 Å². The molecule has 0 N–H and O–H groups in total. The topological polar surface area (TPSA) is 674 Å². The summed E-state index contributed by atoms with van der Waals surface area (Å²) in [6.07, 6.45) is 2.17. The first-order valence-corrected chi connectivity index (χ1v) is 148. The number of unbranched alkanes of at least 4 members (excludes halogenated alkanes) is 3. The second kappa shape index (κ2) is 55.7. The average Bonchev–Trinajstić information content (AvgIpc) is 0.759. The Bertz CT molecular complexity index is 4680. The third kappa shape index (κ3) is 40.6. The molecule has 0 heterocycles. The first kappa shape index (κ1) is 130. The first-order chi connectivity index (χ1) is 56.9. The van der Waals surface area contributed by atoms with E-state index in [9.17, 15) is 147 Å². The Labute approximate surface area is 779 Å². The van der Waals surface area contributed by atoms with Crippen molar-refractivity contribution in [2.24, 2.45) is 0 Å². The molecule has 2 atom stereocenters. The normalized spacial score (nSPS) is 12.9. The van der Waals surface area contributed by atoms with Crippen LogP contribution in [0.3, 0.4) is 0 Å². The number of hydrogen-bond donors (Lipinski definition) is 0. The van der Waals surface area contributed by atoms with Crippen molar-refractivity contribution >= 4 is 348 Å². The summed E-state index contributed by atoms with van der Waals surface area (Å²) in [4.78, 5) is 0. The van der Waals surface area contributed by atoms with Gasteiger partial charge in [0.1, 0.15) is 7.59 Å². The lowest BCUT2D eigenvalue weighted by atomic mass is 10.2. The van der Waals surface area contributed by atoms with E-state index in [1.54, 1.807) is 40.4 Å². The van der Waals surface area contributed by atoms with Gasteiger partial charge < -0.3 is 198 Å². The highest BCUT2D eigenvalue weighted by atomic mass is 30.1. The van der Waals surface area contributed by atoms with Gasteiger partial charge in [-0.2, -0.15) is 0 Å². The Morgan fingerprint density at radius 3 is 0.786 bits per heavy atom. The van der Waals surface area contributed by atoms with E-state index in [0.29, 0.717) is 12.8 Å². The fraction of sp³-hybridized carbons (Fsp3) is 1.00. The van der Waals surface area contributed by atoms with Crippen LogP contribution in [0.15, 0.2) is 0 Å².